The van der Waals surface area contributed by atoms with Crippen LogP contribution in [0.3, 0.4) is 0 Å². The summed E-state index contributed by atoms with van der Waals surface area (Å²) in [6.45, 7) is 3.99. The number of likely N-dealkylation sites (tertiary alicyclic amines) is 1. The fraction of sp³-hybridized carbons (Fsp3) is 0.450. The molecule has 0 saturated carbocycles. The quantitative estimate of drug-likeness (QED) is 0.841. The summed E-state index contributed by atoms with van der Waals surface area (Å²) >= 11 is 0. The number of β-amino-alcohol motifs (C(OH)–C–C–N with tert-alkyl or cyclic N) is 1. The second-order valence-electron chi connectivity index (χ2n) is 7.34. The third-order valence-electron chi connectivity index (χ3n) is 5.14. The maximum Gasteiger partial charge on any atom is 0.270 e. The number of aromatic nitrogens is 2. The lowest BCUT2D eigenvalue weighted by atomic mass is 10.1. The molecular formula is C20H23N5O4. The molecule has 0 spiro atoms. The van der Waals surface area contributed by atoms with E-state index in [9.17, 15) is 14.7 Å². The third-order valence-corrected chi connectivity index (χ3v) is 5.14. The van der Waals surface area contributed by atoms with Gasteiger partial charge >= 0.3 is 0 Å². The third kappa shape index (κ3) is 3.77. The maximum atomic E-state index is 13.2. The molecule has 9 heteroatoms. The Bertz CT molecular complexity index is 969. The van der Waals surface area contributed by atoms with Gasteiger partial charge in [0, 0.05) is 32.2 Å². The minimum atomic E-state index is -0.681. The molecule has 29 heavy (non-hydrogen) atoms. The van der Waals surface area contributed by atoms with Crippen molar-refractivity contribution < 1.29 is 19.1 Å². The van der Waals surface area contributed by atoms with E-state index in [0.717, 1.165) is 5.56 Å². The van der Waals surface area contributed by atoms with E-state index in [4.69, 9.17) is 4.42 Å². The number of anilines is 1. The highest BCUT2D eigenvalue weighted by molar-refractivity contribution is 6.40. The first-order valence-electron chi connectivity index (χ1n) is 9.74. The molecule has 2 aliphatic rings. The summed E-state index contributed by atoms with van der Waals surface area (Å²) in [5.74, 6) is 0.317. The van der Waals surface area contributed by atoms with Gasteiger partial charge in [-0.15, -0.1) is 10.2 Å². The predicted octanol–water partition coefficient (Wildman–Crippen LogP) is 1.76. The molecule has 1 aromatic heterocycles. The Hall–Kier alpha value is -3.07. The maximum absolute atomic E-state index is 13.2. The van der Waals surface area contributed by atoms with Crippen LogP contribution in [0.25, 0.3) is 0 Å². The van der Waals surface area contributed by atoms with Crippen LogP contribution in [0.5, 0.6) is 0 Å². The van der Waals surface area contributed by atoms with E-state index in [2.05, 4.69) is 15.3 Å². The van der Waals surface area contributed by atoms with Gasteiger partial charge in [0.05, 0.1) is 11.8 Å². The number of rotatable bonds is 4. The van der Waals surface area contributed by atoms with E-state index in [1.165, 1.54) is 9.91 Å². The topological polar surface area (TPSA) is 112 Å². The van der Waals surface area contributed by atoms with Gasteiger partial charge in [0.25, 0.3) is 5.91 Å². The Balaban J connectivity index is 1.61. The first-order valence-corrected chi connectivity index (χ1v) is 9.74. The van der Waals surface area contributed by atoms with Gasteiger partial charge in [-0.25, -0.2) is 5.01 Å². The Morgan fingerprint density at radius 3 is 2.86 bits per heavy atom. The van der Waals surface area contributed by atoms with Crippen LogP contribution in [-0.2, 0) is 16.0 Å². The van der Waals surface area contributed by atoms with Crippen molar-refractivity contribution >= 4 is 23.2 Å². The van der Waals surface area contributed by atoms with Crippen LogP contribution in [0.2, 0.25) is 0 Å². The molecule has 0 unspecified atom stereocenters. The molecule has 1 fully saturated rings. The van der Waals surface area contributed by atoms with Crippen molar-refractivity contribution in [3.8, 4) is 0 Å². The molecule has 4 rings (SSSR count). The summed E-state index contributed by atoms with van der Waals surface area (Å²) in [5.41, 5.74) is 1.90. The van der Waals surface area contributed by atoms with E-state index in [1.807, 2.05) is 32.0 Å². The minimum Gasteiger partial charge on any atom is -0.423 e. The zero-order valence-electron chi connectivity index (χ0n) is 16.4. The average molecular weight is 397 g/mol. The van der Waals surface area contributed by atoms with E-state index in [0.29, 0.717) is 30.3 Å². The Labute approximate surface area is 168 Å². The highest BCUT2D eigenvalue weighted by Crippen LogP contribution is 2.32. The molecule has 0 bridgehead atoms. The number of nitrogens with zero attached hydrogens (tertiary/aromatic N) is 5. The van der Waals surface area contributed by atoms with Gasteiger partial charge < -0.3 is 14.4 Å². The number of hydrogen-bond donors (Lipinski definition) is 1. The second kappa shape index (κ2) is 7.75. The van der Waals surface area contributed by atoms with Crippen molar-refractivity contribution in [2.45, 2.75) is 51.7 Å². The van der Waals surface area contributed by atoms with E-state index in [1.54, 1.807) is 6.07 Å². The molecular weight excluding hydrogens is 374 g/mol. The molecule has 2 aliphatic heterocycles. The van der Waals surface area contributed by atoms with Gasteiger partial charge in [-0.05, 0) is 24.6 Å². The van der Waals surface area contributed by atoms with Crippen LogP contribution in [0.1, 0.15) is 49.6 Å². The van der Waals surface area contributed by atoms with Crippen LogP contribution in [0.4, 0.5) is 5.69 Å². The number of aryl methyl sites for hydroxylation is 2. The summed E-state index contributed by atoms with van der Waals surface area (Å²) in [7, 11) is 0. The van der Waals surface area contributed by atoms with E-state index >= 15 is 0 Å². The molecule has 1 aromatic carbocycles. The number of hydrogen-bond acceptors (Lipinski definition) is 7. The van der Waals surface area contributed by atoms with Gasteiger partial charge in [0.1, 0.15) is 11.8 Å². The smallest absolute Gasteiger partial charge is 0.270 e. The number of aliphatic hydroxyl groups excluding tert-OH is 1. The van der Waals surface area contributed by atoms with Crippen LogP contribution in [-0.4, -0.2) is 50.4 Å². The molecule has 1 N–H and O–H groups in total. The van der Waals surface area contributed by atoms with Crippen LogP contribution < -0.4 is 5.01 Å². The zero-order chi connectivity index (χ0) is 20.5. The monoisotopic (exact) mass is 397 g/mol. The average Bonchev–Trinajstić information content (AvgIpc) is 3.34. The summed E-state index contributed by atoms with van der Waals surface area (Å²) in [5, 5.41) is 23.8. The van der Waals surface area contributed by atoms with Crippen molar-refractivity contribution in [1.82, 2.24) is 15.1 Å². The number of carbonyl (C=O) groups is 2. The zero-order valence-corrected chi connectivity index (χ0v) is 16.4. The van der Waals surface area contributed by atoms with Crippen molar-refractivity contribution in [1.29, 1.82) is 0 Å². The van der Waals surface area contributed by atoms with Crippen LogP contribution in [0.15, 0.2) is 33.8 Å². The fourth-order valence-electron chi connectivity index (χ4n) is 3.65. The summed E-state index contributed by atoms with van der Waals surface area (Å²) in [6.07, 6.45) is 0.685. The van der Waals surface area contributed by atoms with Crippen molar-refractivity contribution in [2.75, 3.05) is 11.6 Å². The van der Waals surface area contributed by atoms with Crippen LogP contribution in [0, 0.1) is 6.92 Å². The van der Waals surface area contributed by atoms with Crippen LogP contribution >= 0.6 is 0 Å². The number of benzene rings is 1. The van der Waals surface area contributed by atoms with Gasteiger partial charge in [0.15, 0.2) is 0 Å². The van der Waals surface area contributed by atoms with Crippen molar-refractivity contribution in [2.24, 2.45) is 5.10 Å². The molecule has 9 nitrogen and oxygen atoms in total. The number of aliphatic hydroxyl groups is 1. The highest BCUT2D eigenvalue weighted by atomic mass is 16.4. The highest BCUT2D eigenvalue weighted by Gasteiger charge is 2.41. The largest absolute Gasteiger partial charge is 0.423 e. The molecule has 1 saturated heterocycles. The molecule has 3 heterocycles. The normalized spacial score (nSPS) is 22.2. The number of amides is 2. The molecule has 0 radical (unpaired) electrons. The first-order chi connectivity index (χ1) is 14.0. The molecule has 152 valence electrons. The van der Waals surface area contributed by atoms with E-state index in [-0.39, 0.29) is 36.9 Å². The second-order valence-corrected chi connectivity index (χ2v) is 7.34. The van der Waals surface area contributed by atoms with Gasteiger partial charge in [-0.3, -0.25) is 9.59 Å². The lowest BCUT2D eigenvalue weighted by Gasteiger charge is -2.27. The lowest BCUT2D eigenvalue weighted by Crippen LogP contribution is -2.42. The standard InChI is InChI=1S/C20H23N5O4/c1-3-17-21-22-19(29-17)16-10-14(26)11-24(16)20(28)15-7-8-18(27)25(23-15)13-6-4-5-12(2)9-13/h4-6,9,14,16,26H,3,7-8,10-11H2,1-2H3/t14-,16-/m1/s1. The summed E-state index contributed by atoms with van der Waals surface area (Å²) < 4.78 is 5.62. The number of hydrazone groups is 1. The Kier molecular flexibility index (Phi) is 5.14. The SMILES string of the molecule is CCc1nnc([C@H]2C[C@@H](O)CN2C(=O)C2=NN(c3cccc(C)c3)C(=O)CC2)o1. The predicted molar refractivity (Wildman–Crippen MR) is 104 cm³/mol. The number of carbonyl (C=O) groups excluding carboxylic acids is 2. The molecule has 2 atom stereocenters. The molecule has 2 aromatic rings. The summed E-state index contributed by atoms with van der Waals surface area (Å²) in [6, 6.07) is 6.91. The van der Waals surface area contributed by atoms with Gasteiger partial charge in [0.2, 0.25) is 17.7 Å². The molecule has 2 amide bonds. The lowest BCUT2D eigenvalue weighted by molar-refractivity contribution is -0.126. The Morgan fingerprint density at radius 2 is 2.14 bits per heavy atom. The summed E-state index contributed by atoms with van der Waals surface area (Å²) in [4.78, 5) is 27.1. The fourth-order valence-corrected chi connectivity index (χ4v) is 3.65. The minimum absolute atomic E-state index is 0.157. The van der Waals surface area contributed by atoms with E-state index < -0.39 is 12.1 Å². The Morgan fingerprint density at radius 1 is 1.31 bits per heavy atom. The van der Waals surface area contributed by atoms with Crippen molar-refractivity contribution in [3.05, 3.63) is 41.6 Å². The molecule has 0 aliphatic carbocycles. The van der Waals surface area contributed by atoms with Gasteiger partial charge in [-0.2, -0.15) is 5.10 Å². The van der Waals surface area contributed by atoms with Gasteiger partial charge in [-0.1, -0.05) is 19.1 Å². The van der Waals surface area contributed by atoms with Crippen molar-refractivity contribution in [3.63, 3.8) is 0 Å². The first kappa shape index (κ1) is 19.3.